The number of aliphatic hydroxyl groups excluding tert-OH is 1. The van der Waals surface area contributed by atoms with Crippen LogP contribution < -0.4 is 5.32 Å². The maximum Gasteiger partial charge on any atom is 0.224 e. The zero-order valence-electron chi connectivity index (χ0n) is 9.83. The molecule has 98 valence electrons. The summed E-state index contributed by atoms with van der Waals surface area (Å²) in [7, 11) is 0. The largest absolute Gasteiger partial charge is 0.393 e. The molecule has 0 heterocycles. The first kappa shape index (κ1) is 13.7. The molecule has 1 saturated carbocycles. The molecule has 0 unspecified atom stereocenters. The fourth-order valence-electron chi connectivity index (χ4n) is 2.03. The van der Waals surface area contributed by atoms with Crippen LogP contribution in [0.3, 0.4) is 0 Å². The van der Waals surface area contributed by atoms with Crippen molar-refractivity contribution in [3.63, 3.8) is 0 Å². The Hall–Kier alpha value is -0.770. The lowest BCUT2D eigenvalue weighted by molar-refractivity contribution is -0.121. The molecule has 0 saturated heterocycles. The molecule has 0 radical (unpaired) electrons. The number of aliphatic hydroxyl groups is 1. The van der Waals surface area contributed by atoms with Crippen LogP contribution in [0, 0.1) is 5.92 Å². The maximum atomic E-state index is 11.7. The number of amides is 1. The molecule has 0 aromatic heterocycles. The fourth-order valence-corrected chi connectivity index (χ4v) is 2.50. The van der Waals surface area contributed by atoms with E-state index in [1.54, 1.807) is 18.2 Å². The lowest BCUT2D eigenvalue weighted by Crippen LogP contribution is -2.38. The van der Waals surface area contributed by atoms with Crippen molar-refractivity contribution in [1.29, 1.82) is 0 Å². The van der Waals surface area contributed by atoms with E-state index in [-0.39, 0.29) is 18.4 Å². The average molecular weight is 288 g/mol. The Morgan fingerprint density at radius 1 is 1.39 bits per heavy atom. The van der Waals surface area contributed by atoms with Crippen LogP contribution in [0.4, 0.5) is 0 Å². The minimum absolute atomic E-state index is 0.0550. The first-order valence-corrected chi connectivity index (χ1v) is 6.69. The van der Waals surface area contributed by atoms with Crippen molar-refractivity contribution in [2.75, 3.05) is 6.54 Å². The van der Waals surface area contributed by atoms with Gasteiger partial charge >= 0.3 is 0 Å². The fraction of sp³-hybridized carbons (Fsp3) is 0.462. The summed E-state index contributed by atoms with van der Waals surface area (Å²) in [6.07, 6.45) is 1.63. The third-order valence-electron chi connectivity index (χ3n) is 3.16. The lowest BCUT2D eigenvalue weighted by atomic mass is 9.82. The van der Waals surface area contributed by atoms with E-state index in [1.807, 2.05) is 0 Å². The second kappa shape index (κ2) is 5.91. The van der Waals surface area contributed by atoms with Gasteiger partial charge in [-0.2, -0.15) is 0 Å². The normalized spacial score (nSPS) is 22.4. The van der Waals surface area contributed by atoms with Gasteiger partial charge in [0.25, 0.3) is 0 Å². The third-order valence-corrected chi connectivity index (χ3v) is 3.75. The smallest absolute Gasteiger partial charge is 0.224 e. The van der Waals surface area contributed by atoms with Crippen molar-refractivity contribution < 1.29 is 9.90 Å². The molecule has 2 rings (SSSR count). The quantitative estimate of drug-likeness (QED) is 0.894. The molecule has 18 heavy (non-hydrogen) atoms. The second-order valence-corrected chi connectivity index (χ2v) is 5.55. The molecule has 1 aliphatic carbocycles. The van der Waals surface area contributed by atoms with E-state index in [0.29, 0.717) is 22.5 Å². The summed E-state index contributed by atoms with van der Waals surface area (Å²) in [5.74, 6) is 0.352. The maximum absolute atomic E-state index is 11.7. The van der Waals surface area contributed by atoms with E-state index in [9.17, 15) is 4.79 Å². The molecular formula is C13H15Cl2NO2. The first-order chi connectivity index (χ1) is 8.54. The van der Waals surface area contributed by atoms with Crippen LogP contribution in [0.5, 0.6) is 0 Å². The lowest BCUT2D eigenvalue weighted by Gasteiger charge is -2.31. The number of carbonyl (C=O) groups is 1. The van der Waals surface area contributed by atoms with E-state index in [2.05, 4.69) is 5.32 Å². The Bertz CT molecular complexity index is 445. The number of hydrogen-bond acceptors (Lipinski definition) is 2. The minimum Gasteiger partial charge on any atom is -0.393 e. The molecule has 1 fully saturated rings. The Morgan fingerprint density at radius 3 is 2.72 bits per heavy atom. The van der Waals surface area contributed by atoms with Gasteiger partial charge in [0.15, 0.2) is 0 Å². The SMILES string of the molecule is O=C(Cc1ccc(Cl)cc1Cl)NCC1CC(O)C1. The van der Waals surface area contributed by atoms with Crippen molar-refractivity contribution in [2.24, 2.45) is 5.92 Å². The predicted molar refractivity (Wildman–Crippen MR) is 71.9 cm³/mol. The summed E-state index contributed by atoms with van der Waals surface area (Å²) < 4.78 is 0. The van der Waals surface area contributed by atoms with Gasteiger partial charge in [0.2, 0.25) is 5.91 Å². The number of halogens is 2. The van der Waals surface area contributed by atoms with E-state index in [4.69, 9.17) is 28.3 Å². The zero-order chi connectivity index (χ0) is 13.1. The third kappa shape index (κ3) is 3.61. The minimum atomic E-state index is -0.183. The van der Waals surface area contributed by atoms with Crippen LogP contribution in [0.15, 0.2) is 18.2 Å². The van der Waals surface area contributed by atoms with Crippen LogP contribution in [0.2, 0.25) is 10.0 Å². The molecule has 1 aromatic rings. The van der Waals surface area contributed by atoms with Crippen LogP contribution in [-0.4, -0.2) is 23.7 Å². The molecular weight excluding hydrogens is 273 g/mol. The van der Waals surface area contributed by atoms with Crippen LogP contribution in [0.25, 0.3) is 0 Å². The molecule has 0 atom stereocenters. The van der Waals surface area contributed by atoms with E-state index in [0.717, 1.165) is 18.4 Å². The van der Waals surface area contributed by atoms with E-state index >= 15 is 0 Å². The van der Waals surface area contributed by atoms with Gasteiger partial charge in [-0.1, -0.05) is 29.3 Å². The Labute approximate surface area is 116 Å². The summed E-state index contributed by atoms with van der Waals surface area (Å²) in [5.41, 5.74) is 0.771. The molecule has 5 heteroatoms. The summed E-state index contributed by atoms with van der Waals surface area (Å²) in [6.45, 7) is 0.626. The highest BCUT2D eigenvalue weighted by Crippen LogP contribution is 2.26. The average Bonchev–Trinajstić information content (AvgIpc) is 2.27. The van der Waals surface area contributed by atoms with Crippen LogP contribution in [-0.2, 0) is 11.2 Å². The number of benzene rings is 1. The zero-order valence-corrected chi connectivity index (χ0v) is 11.3. The monoisotopic (exact) mass is 287 g/mol. The Balaban J connectivity index is 1.80. The number of nitrogens with one attached hydrogen (secondary N) is 1. The van der Waals surface area contributed by atoms with Gasteiger partial charge in [0.1, 0.15) is 0 Å². The van der Waals surface area contributed by atoms with Gasteiger partial charge in [-0.15, -0.1) is 0 Å². The number of hydrogen-bond donors (Lipinski definition) is 2. The van der Waals surface area contributed by atoms with Crippen molar-refractivity contribution in [3.05, 3.63) is 33.8 Å². The molecule has 0 spiro atoms. The highest BCUT2D eigenvalue weighted by Gasteiger charge is 2.27. The topological polar surface area (TPSA) is 49.3 Å². The van der Waals surface area contributed by atoms with Crippen molar-refractivity contribution >= 4 is 29.1 Å². The molecule has 1 aromatic carbocycles. The summed E-state index contributed by atoms with van der Waals surface area (Å²) in [6, 6.07) is 5.11. The van der Waals surface area contributed by atoms with Gasteiger partial charge in [0, 0.05) is 16.6 Å². The predicted octanol–water partition coefficient (Wildman–Crippen LogP) is 2.42. The Morgan fingerprint density at radius 2 is 2.11 bits per heavy atom. The summed E-state index contributed by atoms with van der Waals surface area (Å²) in [5, 5.41) is 13.1. The van der Waals surface area contributed by atoms with Crippen LogP contribution >= 0.6 is 23.2 Å². The van der Waals surface area contributed by atoms with Gasteiger partial charge in [-0.25, -0.2) is 0 Å². The van der Waals surface area contributed by atoms with Gasteiger partial charge in [0.05, 0.1) is 12.5 Å². The number of carbonyl (C=O) groups excluding carboxylic acids is 1. The molecule has 1 amide bonds. The summed E-state index contributed by atoms with van der Waals surface area (Å²) in [4.78, 5) is 11.7. The molecule has 3 nitrogen and oxygen atoms in total. The molecule has 0 aliphatic heterocycles. The second-order valence-electron chi connectivity index (χ2n) is 4.71. The summed E-state index contributed by atoms with van der Waals surface area (Å²) >= 11 is 11.8. The van der Waals surface area contributed by atoms with Crippen molar-refractivity contribution in [1.82, 2.24) is 5.32 Å². The van der Waals surface area contributed by atoms with Crippen LogP contribution in [0.1, 0.15) is 18.4 Å². The Kier molecular flexibility index (Phi) is 4.49. The van der Waals surface area contributed by atoms with E-state index in [1.165, 1.54) is 0 Å². The highest BCUT2D eigenvalue weighted by molar-refractivity contribution is 6.35. The van der Waals surface area contributed by atoms with Gasteiger partial charge in [-0.3, -0.25) is 4.79 Å². The highest BCUT2D eigenvalue weighted by atomic mass is 35.5. The number of rotatable bonds is 4. The van der Waals surface area contributed by atoms with Gasteiger partial charge in [-0.05, 0) is 36.5 Å². The first-order valence-electron chi connectivity index (χ1n) is 5.93. The van der Waals surface area contributed by atoms with Gasteiger partial charge < -0.3 is 10.4 Å². The molecule has 0 bridgehead atoms. The molecule has 2 N–H and O–H groups in total. The standard InChI is InChI=1S/C13H15Cl2NO2/c14-10-2-1-9(12(15)6-10)5-13(18)16-7-8-3-11(17)4-8/h1-2,6,8,11,17H,3-5,7H2,(H,16,18). The molecule has 1 aliphatic rings. The van der Waals surface area contributed by atoms with Crippen molar-refractivity contribution in [3.8, 4) is 0 Å². The van der Waals surface area contributed by atoms with Crippen molar-refractivity contribution in [2.45, 2.75) is 25.4 Å². The van der Waals surface area contributed by atoms with E-state index < -0.39 is 0 Å².